The van der Waals surface area contributed by atoms with Crippen LogP contribution in [0.25, 0.3) is 0 Å². The summed E-state index contributed by atoms with van der Waals surface area (Å²) in [4.78, 5) is 0. The zero-order chi connectivity index (χ0) is 15.3. The maximum atomic E-state index is 12.1. The van der Waals surface area contributed by atoms with Crippen molar-refractivity contribution in [2.45, 2.75) is 45.4 Å². The van der Waals surface area contributed by atoms with Gasteiger partial charge in [0.05, 0.1) is 0 Å². The number of halogens is 3. The van der Waals surface area contributed by atoms with Crippen LogP contribution in [0.15, 0.2) is 24.3 Å². The van der Waals surface area contributed by atoms with Gasteiger partial charge in [0.1, 0.15) is 5.75 Å². The number of rotatable bonds is 6. The molecule has 1 aliphatic rings. The average Bonchev–Trinajstić information content (AvgIpc) is 2.86. The third-order valence-corrected chi connectivity index (χ3v) is 4.15. The van der Waals surface area contributed by atoms with Gasteiger partial charge in [-0.25, -0.2) is 0 Å². The van der Waals surface area contributed by atoms with Gasteiger partial charge in [-0.1, -0.05) is 31.9 Å². The molecule has 2 rings (SSSR count). The van der Waals surface area contributed by atoms with E-state index in [2.05, 4.69) is 17.0 Å². The Morgan fingerprint density at radius 3 is 2.29 bits per heavy atom. The topological polar surface area (TPSA) is 21.3 Å². The molecule has 1 fully saturated rings. The molecule has 0 atom stereocenters. The van der Waals surface area contributed by atoms with Gasteiger partial charge < -0.3 is 10.1 Å². The van der Waals surface area contributed by atoms with E-state index in [0.29, 0.717) is 0 Å². The van der Waals surface area contributed by atoms with Crippen LogP contribution in [0.3, 0.4) is 0 Å². The Hall–Kier alpha value is -1.23. The van der Waals surface area contributed by atoms with Crippen LogP contribution < -0.4 is 10.1 Å². The first-order valence-electron chi connectivity index (χ1n) is 7.48. The third kappa shape index (κ3) is 4.92. The van der Waals surface area contributed by atoms with Gasteiger partial charge in [0.2, 0.25) is 0 Å². The van der Waals surface area contributed by atoms with Crippen molar-refractivity contribution >= 4 is 0 Å². The minimum absolute atomic E-state index is 0.154. The summed E-state index contributed by atoms with van der Waals surface area (Å²) < 4.78 is 40.3. The van der Waals surface area contributed by atoms with Crippen molar-refractivity contribution in [2.75, 3.05) is 13.1 Å². The number of hydrogen-bond acceptors (Lipinski definition) is 2. The fourth-order valence-corrected chi connectivity index (χ4v) is 3.17. The van der Waals surface area contributed by atoms with E-state index in [4.69, 9.17) is 0 Å². The second-order valence-electron chi connectivity index (χ2n) is 5.86. The van der Waals surface area contributed by atoms with Crippen LogP contribution in [0.5, 0.6) is 5.75 Å². The Morgan fingerprint density at radius 1 is 1.14 bits per heavy atom. The number of ether oxygens (including phenoxy) is 1. The zero-order valence-corrected chi connectivity index (χ0v) is 12.3. The van der Waals surface area contributed by atoms with Gasteiger partial charge in [0, 0.05) is 6.54 Å². The predicted molar refractivity (Wildman–Crippen MR) is 76.3 cm³/mol. The highest BCUT2D eigenvalue weighted by molar-refractivity contribution is 5.28. The van der Waals surface area contributed by atoms with E-state index in [1.165, 1.54) is 37.8 Å². The average molecular weight is 301 g/mol. The van der Waals surface area contributed by atoms with Crippen LogP contribution in [-0.4, -0.2) is 19.5 Å². The van der Waals surface area contributed by atoms with Crippen molar-refractivity contribution in [3.8, 4) is 5.75 Å². The van der Waals surface area contributed by atoms with Crippen LogP contribution in [-0.2, 0) is 6.42 Å². The highest BCUT2D eigenvalue weighted by Crippen LogP contribution is 2.40. The first-order valence-corrected chi connectivity index (χ1v) is 7.48. The van der Waals surface area contributed by atoms with E-state index in [1.807, 2.05) is 0 Å². The van der Waals surface area contributed by atoms with E-state index >= 15 is 0 Å². The molecule has 118 valence electrons. The molecule has 0 aliphatic heterocycles. The largest absolute Gasteiger partial charge is 0.573 e. The van der Waals surface area contributed by atoms with E-state index in [0.717, 1.165) is 25.1 Å². The van der Waals surface area contributed by atoms with Crippen LogP contribution in [0, 0.1) is 5.41 Å². The first-order chi connectivity index (χ1) is 9.92. The standard InChI is InChI=1S/C16H22F3NO/c1-2-20-12-15(9-3-4-10-15)11-13-5-7-14(8-6-13)21-16(17,18)19/h5-8,20H,2-4,9-12H2,1H3. The quantitative estimate of drug-likeness (QED) is 0.846. The molecule has 21 heavy (non-hydrogen) atoms. The first kappa shape index (κ1) is 16.1. The summed E-state index contributed by atoms with van der Waals surface area (Å²) in [5, 5.41) is 3.42. The van der Waals surface area contributed by atoms with Crippen molar-refractivity contribution in [1.29, 1.82) is 0 Å². The lowest BCUT2D eigenvalue weighted by atomic mass is 9.80. The highest BCUT2D eigenvalue weighted by atomic mass is 19.4. The molecule has 0 spiro atoms. The second-order valence-corrected chi connectivity index (χ2v) is 5.86. The number of hydrogen-bond donors (Lipinski definition) is 1. The molecule has 1 aliphatic carbocycles. The van der Waals surface area contributed by atoms with Crippen molar-refractivity contribution in [3.63, 3.8) is 0 Å². The Balaban J connectivity index is 2.01. The zero-order valence-electron chi connectivity index (χ0n) is 12.3. The fraction of sp³-hybridized carbons (Fsp3) is 0.625. The summed E-state index contributed by atoms with van der Waals surface area (Å²) in [6, 6.07) is 6.29. The van der Waals surface area contributed by atoms with Crippen LogP contribution in [0.2, 0.25) is 0 Å². The van der Waals surface area contributed by atoms with Gasteiger partial charge in [-0.15, -0.1) is 13.2 Å². The normalized spacial score (nSPS) is 17.9. The van der Waals surface area contributed by atoms with E-state index < -0.39 is 6.36 Å². The van der Waals surface area contributed by atoms with Gasteiger partial charge in [-0.3, -0.25) is 0 Å². The maximum Gasteiger partial charge on any atom is 0.573 e. The molecule has 1 N–H and O–H groups in total. The third-order valence-electron chi connectivity index (χ3n) is 4.15. The molecule has 0 unspecified atom stereocenters. The van der Waals surface area contributed by atoms with Gasteiger partial charge in [0.25, 0.3) is 0 Å². The van der Waals surface area contributed by atoms with Crippen LogP contribution >= 0.6 is 0 Å². The van der Waals surface area contributed by atoms with Crippen molar-refractivity contribution in [2.24, 2.45) is 5.41 Å². The number of nitrogens with one attached hydrogen (secondary N) is 1. The van der Waals surface area contributed by atoms with Gasteiger partial charge >= 0.3 is 6.36 Å². The number of benzene rings is 1. The molecule has 1 saturated carbocycles. The Morgan fingerprint density at radius 2 is 1.76 bits per heavy atom. The smallest absolute Gasteiger partial charge is 0.406 e. The molecular weight excluding hydrogens is 279 g/mol. The van der Waals surface area contributed by atoms with Crippen molar-refractivity contribution in [3.05, 3.63) is 29.8 Å². The SMILES string of the molecule is CCNCC1(Cc2ccc(OC(F)(F)F)cc2)CCCC1. The molecular formula is C16H22F3NO. The molecule has 2 nitrogen and oxygen atoms in total. The summed E-state index contributed by atoms with van der Waals surface area (Å²) in [7, 11) is 0. The predicted octanol–water partition coefficient (Wildman–Crippen LogP) is 4.30. The number of alkyl halides is 3. The molecule has 0 aromatic heterocycles. The summed E-state index contributed by atoms with van der Waals surface area (Å²) in [6.07, 6.45) is 1.12. The molecule has 0 amide bonds. The molecule has 1 aromatic carbocycles. The lowest BCUT2D eigenvalue weighted by molar-refractivity contribution is -0.274. The van der Waals surface area contributed by atoms with E-state index in [9.17, 15) is 13.2 Å². The van der Waals surface area contributed by atoms with E-state index in [1.54, 1.807) is 12.1 Å². The summed E-state index contributed by atoms with van der Waals surface area (Å²) in [5.41, 5.74) is 1.33. The molecule has 0 radical (unpaired) electrons. The van der Waals surface area contributed by atoms with E-state index in [-0.39, 0.29) is 11.2 Å². The monoisotopic (exact) mass is 301 g/mol. The van der Waals surface area contributed by atoms with Gasteiger partial charge in [-0.2, -0.15) is 0 Å². The molecule has 0 bridgehead atoms. The Labute approximate surface area is 123 Å². The van der Waals surface area contributed by atoms with Gasteiger partial charge in [0.15, 0.2) is 0 Å². The summed E-state index contributed by atoms with van der Waals surface area (Å²) in [5.74, 6) is -0.154. The second kappa shape index (κ2) is 6.69. The fourth-order valence-electron chi connectivity index (χ4n) is 3.17. The summed E-state index contributed by atoms with van der Waals surface area (Å²) in [6.45, 7) is 4.01. The van der Waals surface area contributed by atoms with Crippen LogP contribution in [0.4, 0.5) is 13.2 Å². The molecule has 0 heterocycles. The Kier molecular flexibility index (Phi) is 5.14. The van der Waals surface area contributed by atoms with Crippen LogP contribution in [0.1, 0.15) is 38.2 Å². The van der Waals surface area contributed by atoms with Gasteiger partial charge in [-0.05, 0) is 48.9 Å². The maximum absolute atomic E-state index is 12.1. The van der Waals surface area contributed by atoms with Crippen molar-refractivity contribution in [1.82, 2.24) is 5.32 Å². The van der Waals surface area contributed by atoms with Crippen molar-refractivity contribution < 1.29 is 17.9 Å². The highest BCUT2D eigenvalue weighted by Gasteiger charge is 2.34. The minimum Gasteiger partial charge on any atom is -0.406 e. The minimum atomic E-state index is -4.63. The lowest BCUT2D eigenvalue weighted by Gasteiger charge is -2.29. The molecule has 5 heteroatoms. The molecule has 0 saturated heterocycles. The lowest BCUT2D eigenvalue weighted by Crippen LogP contribution is -2.33. The Bertz CT molecular complexity index is 436. The molecule has 1 aromatic rings. The summed E-state index contributed by atoms with van der Waals surface area (Å²) >= 11 is 0.